The Balaban J connectivity index is 1.71. The molecule has 4 N–H and O–H groups in total. The number of β-amino-alcohol motifs (C(OH)–C–C–N with tert-alkyl or cyclic N) is 1. The lowest BCUT2D eigenvalue weighted by atomic mass is 10.0. The second kappa shape index (κ2) is 8.83. The van der Waals surface area contributed by atoms with E-state index >= 15 is 0 Å². The molecule has 2 heterocycles. The molecule has 1 saturated carbocycles. The van der Waals surface area contributed by atoms with Gasteiger partial charge in [0.15, 0.2) is 17.2 Å². The van der Waals surface area contributed by atoms with Gasteiger partial charge in [0.2, 0.25) is 5.95 Å². The summed E-state index contributed by atoms with van der Waals surface area (Å²) in [6.07, 6.45) is 2.57. The Bertz CT molecular complexity index is 1280. The van der Waals surface area contributed by atoms with Crippen LogP contribution in [0.3, 0.4) is 0 Å². The Kier molecular flexibility index (Phi) is 6.09. The molecule has 0 amide bonds. The van der Waals surface area contributed by atoms with Crippen molar-refractivity contribution in [3.8, 4) is 12.1 Å². The van der Waals surface area contributed by atoms with Gasteiger partial charge in [0.1, 0.15) is 6.07 Å². The van der Waals surface area contributed by atoms with Gasteiger partial charge in [0.25, 0.3) is 0 Å². The van der Waals surface area contributed by atoms with E-state index in [-0.39, 0.29) is 28.7 Å². The van der Waals surface area contributed by atoms with E-state index in [2.05, 4.69) is 43.2 Å². The van der Waals surface area contributed by atoms with Gasteiger partial charge in [-0.05, 0) is 45.7 Å². The number of aliphatic hydroxyl groups excluding tert-OH is 1. The van der Waals surface area contributed by atoms with Crippen LogP contribution in [0.2, 0.25) is 5.02 Å². The number of hydrogen-bond donors (Lipinski definition) is 4. The molecule has 0 saturated heterocycles. The summed E-state index contributed by atoms with van der Waals surface area (Å²) >= 11 is 6.62. The van der Waals surface area contributed by atoms with Crippen molar-refractivity contribution >= 4 is 34.7 Å². The number of imidazole rings is 1. The highest BCUT2D eigenvalue weighted by molar-refractivity contribution is 6.34. The molecule has 1 unspecified atom stereocenters. The fraction of sp³-hybridized carbons (Fsp3) is 0.409. The summed E-state index contributed by atoms with van der Waals surface area (Å²) in [5.41, 5.74) is 1.62. The van der Waals surface area contributed by atoms with Crippen LogP contribution in [-0.2, 0) is 0 Å². The number of benzene rings is 1. The molecule has 4 rings (SSSR count). The molecule has 11 heteroatoms. The molecule has 1 atom stereocenters. The summed E-state index contributed by atoms with van der Waals surface area (Å²) in [7, 11) is 0. The molecule has 1 fully saturated rings. The van der Waals surface area contributed by atoms with Crippen molar-refractivity contribution in [1.29, 1.82) is 10.5 Å². The summed E-state index contributed by atoms with van der Waals surface area (Å²) in [5, 5.41) is 43.9. The van der Waals surface area contributed by atoms with Crippen molar-refractivity contribution in [2.24, 2.45) is 0 Å². The van der Waals surface area contributed by atoms with Gasteiger partial charge in [-0.1, -0.05) is 11.6 Å². The second-order valence-corrected chi connectivity index (χ2v) is 9.38. The van der Waals surface area contributed by atoms with E-state index < -0.39 is 6.10 Å². The van der Waals surface area contributed by atoms with E-state index in [1.807, 2.05) is 20.8 Å². The molecule has 2 aromatic heterocycles. The van der Waals surface area contributed by atoms with Crippen LogP contribution in [0.5, 0.6) is 0 Å². The summed E-state index contributed by atoms with van der Waals surface area (Å²) < 4.78 is 1.41. The van der Waals surface area contributed by atoms with Crippen molar-refractivity contribution in [3.63, 3.8) is 0 Å². The zero-order chi connectivity index (χ0) is 23.8. The zero-order valence-electron chi connectivity index (χ0n) is 18.5. The molecule has 1 aliphatic rings. The first-order valence-corrected chi connectivity index (χ1v) is 10.9. The number of hydrogen-bond acceptors (Lipinski definition) is 9. The number of nitriles is 2. The van der Waals surface area contributed by atoms with Crippen LogP contribution in [0, 0.1) is 22.7 Å². The van der Waals surface area contributed by atoms with Crippen molar-refractivity contribution in [1.82, 2.24) is 24.9 Å². The molecule has 10 nitrogen and oxygen atoms in total. The van der Waals surface area contributed by atoms with Crippen LogP contribution in [-0.4, -0.2) is 42.8 Å². The molecular weight excluding hydrogens is 442 g/mol. The minimum Gasteiger partial charge on any atom is -0.387 e. The molecule has 0 spiro atoms. The molecule has 0 radical (unpaired) electrons. The number of rotatable bonds is 7. The van der Waals surface area contributed by atoms with Gasteiger partial charge in [0, 0.05) is 23.7 Å². The van der Waals surface area contributed by atoms with Gasteiger partial charge in [-0.2, -0.15) is 20.0 Å². The molecule has 0 aliphatic heterocycles. The number of fused-ring (bicyclic) bond motifs is 1. The Labute approximate surface area is 196 Å². The highest BCUT2D eigenvalue weighted by Crippen LogP contribution is 2.34. The SMILES string of the molecule is CC(C)(C)NCC(O)c1cc(C#N)cc(Nc2nc(NC3CC3)c3ncc(C#N)n3n2)c1Cl. The van der Waals surface area contributed by atoms with Crippen LogP contribution >= 0.6 is 11.6 Å². The quantitative estimate of drug-likeness (QED) is 0.412. The highest BCUT2D eigenvalue weighted by Gasteiger charge is 2.25. The van der Waals surface area contributed by atoms with Gasteiger partial charge < -0.3 is 21.1 Å². The smallest absolute Gasteiger partial charge is 0.247 e. The standard InChI is InChI=1S/C22H24ClN9O/c1-22(2,3)27-11-17(33)15-6-12(8-24)7-16(18(15)23)29-21-30-19(28-13-4-5-13)20-26-10-14(9-25)32(20)31-21/h6-7,10,13,17,27,33H,4-5,11H2,1-3H3,(H2,28,29,30,31). The van der Waals surface area contributed by atoms with Gasteiger partial charge >= 0.3 is 0 Å². The topological polar surface area (TPSA) is 147 Å². The van der Waals surface area contributed by atoms with Gasteiger partial charge in [-0.3, -0.25) is 0 Å². The van der Waals surface area contributed by atoms with E-state index in [1.54, 1.807) is 12.1 Å². The minimum absolute atomic E-state index is 0.172. The Morgan fingerprint density at radius 3 is 2.67 bits per heavy atom. The number of nitrogens with one attached hydrogen (secondary N) is 3. The van der Waals surface area contributed by atoms with Crippen molar-refractivity contribution in [2.75, 3.05) is 17.2 Å². The van der Waals surface area contributed by atoms with E-state index in [1.165, 1.54) is 10.7 Å². The van der Waals surface area contributed by atoms with E-state index in [0.29, 0.717) is 34.3 Å². The van der Waals surface area contributed by atoms with Gasteiger partial charge in [-0.15, -0.1) is 5.10 Å². The average molecular weight is 466 g/mol. The van der Waals surface area contributed by atoms with Crippen molar-refractivity contribution in [2.45, 2.75) is 51.3 Å². The number of nitrogens with zero attached hydrogens (tertiary/aromatic N) is 6. The lowest BCUT2D eigenvalue weighted by molar-refractivity contribution is 0.163. The first kappa shape index (κ1) is 22.7. The van der Waals surface area contributed by atoms with Gasteiger partial charge in [-0.25, -0.2) is 4.98 Å². The first-order valence-electron chi connectivity index (χ1n) is 10.5. The van der Waals surface area contributed by atoms with Crippen LogP contribution in [0.1, 0.15) is 56.5 Å². The third-order valence-corrected chi connectivity index (χ3v) is 5.48. The monoisotopic (exact) mass is 465 g/mol. The summed E-state index contributed by atoms with van der Waals surface area (Å²) in [6.45, 7) is 6.24. The first-order chi connectivity index (χ1) is 15.7. The molecule has 1 aromatic carbocycles. The van der Waals surface area contributed by atoms with Crippen LogP contribution in [0.25, 0.3) is 5.65 Å². The number of aliphatic hydroxyl groups is 1. The molecule has 33 heavy (non-hydrogen) atoms. The van der Waals surface area contributed by atoms with Crippen molar-refractivity contribution < 1.29 is 5.11 Å². The van der Waals surface area contributed by atoms with E-state index in [4.69, 9.17) is 11.6 Å². The Morgan fingerprint density at radius 2 is 2.03 bits per heavy atom. The highest BCUT2D eigenvalue weighted by atomic mass is 35.5. The normalized spacial score (nSPS) is 14.5. The Morgan fingerprint density at radius 1 is 1.27 bits per heavy atom. The molecule has 3 aromatic rings. The zero-order valence-corrected chi connectivity index (χ0v) is 19.3. The third-order valence-electron chi connectivity index (χ3n) is 5.06. The fourth-order valence-corrected chi connectivity index (χ4v) is 3.49. The number of anilines is 3. The predicted octanol–water partition coefficient (Wildman–Crippen LogP) is 3.26. The number of aromatic nitrogens is 4. The van der Waals surface area contributed by atoms with Crippen molar-refractivity contribution in [3.05, 3.63) is 40.2 Å². The summed E-state index contributed by atoms with van der Waals surface area (Å²) in [4.78, 5) is 8.78. The minimum atomic E-state index is -0.931. The van der Waals surface area contributed by atoms with Crippen LogP contribution in [0.4, 0.5) is 17.5 Å². The predicted molar refractivity (Wildman–Crippen MR) is 124 cm³/mol. The van der Waals surface area contributed by atoms with Gasteiger partial charge in [0.05, 0.1) is 34.6 Å². The molecular formula is C22H24ClN9O. The lowest BCUT2D eigenvalue weighted by Gasteiger charge is -2.24. The molecule has 0 bridgehead atoms. The molecule has 170 valence electrons. The largest absolute Gasteiger partial charge is 0.387 e. The summed E-state index contributed by atoms with van der Waals surface area (Å²) in [5.74, 6) is 0.670. The maximum Gasteiger partial charge on any atom is 0.247 e. The second-order valence-electron chi connectivity index (χ2n) is 9.00. The maximum absolute atomic E-state index is 10.7. The fourth-order valence-electron chi connectivity index (χ4n) is 3.21. The molecule has 1 aliphatic carbocycles. The average Bonchev–Trinajstić information content (AvgIpc) is 3.49. The summed E-state index contributed by atoms with van der Waals surface area (Å²) in [6, 6.07) is 7.60. The third kappa shape index (κ3) is 5.15. The maximum atomic E-state index is 10.7. The van der Waals surface area contributed by atoms with E-state index in [9.17, 15) is 15.6 Å². The Hall–Kier alpha value is -3.44. The lowest BCUT2D eigenvalue weighted by Crippen LogP contribution is -2.38. The van der Waals surface area contributed by atoms with Crippen LogP contribution < -0.4 is 16.0 Å². The van der Waals surface area contributed by atoms with Crippen LogP contribution in [0.15, 0.2) is 18.3 Å². The van der Waals surface area contributed by atoms with E-state index in [0.717, 1.165) is 12.8 Å². The number of halogens is 1.